The number of hydrogen-bond acceptors (Lipinski definition) is 5. The molecule has 2 aromatic heterocycles. The molecular weight excluding hydrogens is 300 g/mol. The molecule has 1 aromatic carbocycles. The quantitative estimate of drug-likeness (QED) is 0.781. The summed E-state index contributed by atoms with van der Waals surface area (Å²) in [5, 5.41) is 4.83. The topological polar surface area (TPSA) is 64.4 Å². The number of benzene rings is 1. The second-order valence-electron chi connectivity index (χ2n) is 4.59. The summed E-state index contributed by atoms with van der Waals surface area (Å²) in [7, 11) is 1.58. The van der Waals surface area contributed by atoms with Crippen molar-refractivity contribution in [3.8, 4) is 17.1 Å². The molecule has 6 heteroatoms. The molecule has 0 spiro atoms. The van der Waals surface area contributed by atoms with Crippen molar-refractivity contribution in [2.24, 2.45) is 0 Å². The largest absolute Gasteiger partial charge is 0.496 e. The standard InChI is InChI=1S/C16H14N2O3S/c1-20-14-7-11(4-5-13(14)15-9-17-10-21-15)18-16(19)8-12-3-2-6-22-12/h2-7,9-10H,8H2,1H3,(H,18,19). The lowest BCUT2D eigenvalue weighted by Crippen LogP contribution is -2.13. The van der Waals surface area contributed by atoms with Crippen LogP contribution in [0.3, 0.4) is 0 Å². The number of amides is 1. The van der Waals surface area contributed by atoms with Gasteiger partial charge in [-0.2, -0.15) is 0 Å². The van der Waals surface area contributed by atoms with Gasteiger partial charge in [0.15, 0.2) is 12.2 Å². The molecule has 0 saturated heterocycles. The minimum Gasteiger partial charge on any atom is -0.496 e. The monoisotopic (exact) mass is 314 g/mol. The third kappa shape index (κ3) is 3.17. The van der Waals surface area contributed by atoms with Gasteiger partial charge in [-0.1, -0.05) is 6.07 Å². The van der Waals surface area contributed by atoms with E-state index < -0.39 is 0 Å². The molecule has 0 aliphatic rings. The van der Waals surface area contributed by atoms with Crippen molar-refractivity contribution in [1.29, 1.82) is 0 Å². The number of thiophene rings is 1. The number of carbonyl (C=O) groups is 1. The Bertz CT molecular complexity index is 752. The molecule has 1 amide bonds. The molecule has 3 rings (SSSR count). The SMILES string of the molecule is COc1cc(NC(=O)Cc2cccs2)ccc1-c1cnco1. The number of nitrogens with one attached hydrogen (secondary N) is 1. The summed E-state index contributed by atoms with van der Waals surface area (Å²) >= 11 is 1.57. The summed E-state index contributed by atoms with van der Waals surface area (Å²) in [5.41, 5.74) is 1.47. The molecule has 22 heavy (non-hydrogen) atoms. The molecule has 3 aromatic rings. The first-order chi connectivity index (χ1) is 10.8. The maximum absolute atomic E-state index is 12.0. The highest BCUT2D eigenvalue weighted by molar-refractivity contribution is 7.10. The lowest BCUT2D eigenvalue weighted by atomic mass is 10.1. The first kappa shape index (κ1) is 14.3. The van der Waals surface area contributed by atoms with E-state index in [2.05, 4.69) is 10.3 Å². The van der Waals surface area contributed by atoms with E-state index in [1.165, 1.54) is 6.39 Å². The number of hydrogen-bond donors (Lipinski definition) is 1. The van der Waals surface area contributed by atoms with Crippen LogP contribution in [0.2, 0.25) is 0 Å². The molecule has 0 radical (unpaired) electrons. The van der Waals surface area contributed by atoms with Gasteiger partial charge in [0.05, 0.1) is 25.3 Å². The van der Waals surface area contributed by atoms with Crippen molar-refractivity contribution in [2.75, 3.05) is 12.4 Å². The average Bonchev–Trinajstić information content (AvgIpc) is 3.20. The summed E-state index contributed by atoms with van der Waals surface area (Å²) in [6.07, 6.45) is 3.35. The van der Waals surface area contributed by atoms with E-state index in [1.54, 1.807) is 30.7 Å². The normalized spacial score (nSPS) is 10.4. The Morgan fingerprint density at radius 2 is 2.32 bits per heavy atom. The van der Waals surface area contributed by atoms with Crippen LogP contribution >= 0.6 is 11.3 Å². The van der Waals surface area contributed by atoms with Crippen molar-refractivity contribution in [2.45, 2.75) is 6.42 Å². The van der Waals surface area contributed by atoms with E-state index in [4.69, 9.17) is 9.15 Å². The predicted octanol–water partition coefficient (Wildman–Crippen LogP) is 3.59. The Morgan fingerprint density at radius 3 is 3.00 bits per heavy atom. The van der Waals surface area contributed by atoms with Crippen LogP contribution < -0.4 is 10.1 Å². The van der Waals surface area contributed by atoms with Crippen LogP contribution in [0.15, 0.2) is 52.7 Å². The summed E-state index contributed by atoms with van der Waals surface area (Å²) in [6, 6.07) is 9.29. The first-order valence-corrected chi connectivity index (χ1v) is 7.53. The van der Waals surface area contributed by atoms with Gasteiger partial charge in [-0.05, 0) is 23.6 Å². The van der Waals surface area contributed by atoms with E-state index in [-0.39, 0.29) is 5.91 Å². The second-order valence-corrected chi connectivity index (χ2v) is 5.62. The Hall–Kier alpha value is -2.60. The Labute approximate surface area is 131 Å². The number of rotatable bonds is 5. The zero-order chi connectivity index (χ0) is 15.4. The molecule has 0 aliphatic heterocycles. The van der Waals surface area contributed by atoms with Crippen molar-refractivity contribution in [1.82, 2.24) is 4.98 Å². The summed E-state index contributed by atoms with van der Waals surface area (Å²) < 4.78 is 10.6. The Kier molecular flexibility index (Phi) is 4.20. The van der Waals surface area contributed by atoms with Crippen molar-refractivity contribution < 1.29 is 13.9 Å². The van der Waals surface area contributed by atoms with Gasteiger partial charge < -0.3 is 14.5 Å². The molecule has 0 fully saturated rings. The van der Waals surface area contributed by atoms with Crippen LogP contribution in [0, 0.1) is 0 Å². The smallest absolute Gasteiger partial charge is 0.229 e. The molecule has 0 bridgehead atoms. The fourth-order valence-electron chi connectivity index (χ4n) is 2.10. The Balaban J connectivity index is 1.76. The number of ether oxygens (including phenoxy) is 1. The third-order valence-electron chi connectivity index (χ3n) is 3.10. The predicted molar refractivity (Wildman–Crippen MR) is 85.1 cm³/mol. The van der Waals surface area contributed by atoms with E-state index >= 15 is 0 Å². The van der Waals surface area contributed by atoms with Crippen molar-refractivity contribution in [3.05, 3.63) is 53.2 Å². The number of anilines is 1. The van der Waals surface area contributed by atoms with Crippen LogP contribution in [-0.4, -0.2) is 18.0 Å². The van der Waals surface area contributed by atoms with Gasteiger partial charge >= 0.3 is 0 Å². The average molecular weight is 314 g/mol. The maximum Gasteiger partial charge on any atom is 0.229 e. The summed E-state index contributed by atoms with van der Waals surface area (Å²) in [6.45, 7) is 0. The molecule has 0 unspecified atom stereocenters. The minimum absolute atomic E-state index is 0.0584. The minimum atomic E-state index is -0.0584. The van der Waals surface area contributed by atoms with Gasteiger partial charge in [0.25, 0.3) is 0 Å². The van der Waals surface area contributed by atoms with Gasteiger partial charge in [0.2, 0.25) is 5.91 Å². The molecule has 1 N–H and O–H groups in total. The number of aromatic nitrogens is 1. The zero-order valence-corrected chi connectivity index (χ0v) is 12.7. The molecular formula is C16H14N2O3S. The van der Waals surface area contributed by atoms with Gasteiger partial charge in [-0.25, -0.2) is 4.98 Å². The highest BCUT2D eigenvalue weighted by Gasteiger charge is 2.11. The van der Waals surface area contributed by atoms with Crippen LogP contribution in [0.4, 0.5) is 5.69 Å². The van der Waals surface area contributed by atoms with E-state index in [0.29, 0.717) is 23.6 Å². The number of nitrogens with zero attached hydrogens (tertiary/aromatic N) is 1. The highest BCUT2D eigenvalue weighted by Crippen LogP contribution is 2.32. The van der Waals surface area contributed by atoms with Crippen LogP contribution in [0.5, 0.6) is 5.75 Å². The summed E-state index contributed by atoms with van der Waals surface area (Å²) in [4.78, 5) is 16.9. The van der Waals surface area contributed by atoms with Gasteiger partial charge in [0, 0.05) is 16.6 Å². The van der Waals surface area contributed by atoms with E-state index in [9.17, 15) is 4.79 Å². The van der Waals surface area contributed by atoms with E-state index in [0.717, 1.165) is 10.4 Å². The highest BCUT2D eigenvalue weighted by atomic mass is 32.1. The van der Waals surface area contributed by atoms with Crippen molar-refractivity contribution >= 4 is 22.9 Å². The number of carbonyl (C=O) groups excluding carboxylic acids is 1. The number of methoxy groups -OCH3 is 1. The lowest BCUT2D eigenvalue weighted by molar-refractivity contribution is -0.115. The van der Waals surface area contributed by atoms with Crippen LogP contribution in [0.25, 0.3) is 11.3 Å². The molecule has 5 nitrogen and oxygen atoms in total. The van der Waals surface area contributed by atoms with Gasteiger partial charge in [0.1, 0.15) is 5.75 Å². The van der Waals surface area contributed by atoms with Crippen molar-refractivity contribution in [3.63, 3.8) is 0 Å². The maximum atomic E-state index is 12.0. The van der Waals surface area contributed by atoms with Crippen LogP contribution in [-0.2, 0) is 11.2 Å². The Morgan fingerprint density at radius 1 is 1.41 bits per heavy atom. The van der Waals surface area contributed by atoms with Gasteiger partial charge in [-0.15, -0.1) is 11.3 Å². The molecule has 0 saturated carbocycles. The fraction of sp³-hybridized carbons (Fsp3) is 0.125. The summed E-state index contributed by atoms with van der Waals surface area (Å²) in [5.74, 6) is 1.18. The second kappa shape index (κ2) is 6.44. The molecule has 0 aliphatic carbocycles. The lowest BCUT2D eigenvalue weighted by Gasteiger charge is -2.10. The number of oxazole rings is 1. The molecule has 2 heterocycles. The van der Waals surface area contributed by atoms with E-state index in [1.807, 2.05) is 29.6 Å². The third-order valence-corrected chi connectivity index (χ3v) is 3.97. The molecule has 0 atom stereocenters. The van der Waals surface area contributed by atoms with Crippen LogP contribution in [0.1, 0.15) is 4.88 Å². The van der Waals surface area contributed by atoms with Gasteiger partial charge in [-0.3, -0.25) is 4.79 Å². The molecule has 112 valence electrons. The zero-order valence-electron chi connectivity index (χ0n) is 11.9. The fourth-order valence-corrected chi connectivity index (χ4v) is 2.80. The first-order valence-electron chi connectivity index (χ1n) is 6.65.